The second-order valence-corrected chi connectivity index (χ2v) is 4.24. The molecule has 0 aliphatic carbocycles. The van der Waals surface area contributed by atoms with Crippen LogP contribution in [-0.4, -0.2) is 12.3 Å². The molecule has 16 heavy (non-hydrogen) atoms. The molecule has 0 saturated carbocycles. The predicted molar refractivity (Wildman–Crippen MR) is 64.9 cm³/mol. The van der Waals surface area contributed by atoms with Gasteiger partial charge in [-0.15, -0.1) is 0 Å². The summed E-state index contributed by atoms with van der Waals surface area (Å²) in [5.41, 5.74) is 1.14. The fourth-order valence-electron chi connectivity index (χ4n) is 1.90. The molecule has 1 rings (SSSR count). The van der Waals surface area contributed by atoms with Gasteiger partial charge < -0.3 is 9.26 Å². The van der Waals surface area contributed by atoms with Gasteiger partial charge in [0.15, 0.2) is 0 Å². The molecule has 1 aromatic rings. The average molecular weight is 225 g/mol. The Kier molecular flexibility index (Phi) is 5.98. The van der Waals surface area contributed by atoms with E-state index in [-0.39, 0.29) is 0 Å². The molecule has 0 radical (unpaired) electrons. The first-order chi connectivity index (χ1) is 7.79. The number of hydrogen-bond acceptors (Lipinski definition) is 3. The van der Waals surface area contributed by atoms with E-state index in [0.717, 1.165) is 17.7 Å². The van der Waals surface area contributed by atoms with Crippen LogP contribution < -0.4 is 4.74 Å². The van der Waals surface area contributed by atoms with Crippen LogP contribution in [0.1, 0.15) is 56.8 Å². The van der Waals surface area contributed by atoms with Crippen LogP contribution in [0.4, 0.5) is 0 Å². The molecular weight excluding hydrogens is 202 g/mol. The number of ether oxygens (including phenoxy) is 1. The van der Waals surface area contributed by atoms with E-state index in [9.17, 15) is 0 Å². The lowest BCUT2D eigenvalue weighted by atomic mass is 10.1. The molecule has 0 saturated heterocycles. The van der Waals surface area contributed by atoms with Gasteiger partial charge in [-0.05, 0) is 24.9 Å². The van der Waals surface area contributed by atoms with Gasteiger partial charge in [-0.1, -0.05) is 39.0 Å². The Morgan fingerprint density at radius 3 is 2.50 bits per heavy atom. The second kappa shape index (κ2) is 7.31. The highest BCUT2D eigenvalue weighted by Crippen LogP contribution is 2.22. The third-order valence-corrected chi connectivity index (χ3v) is 2.92. The summed E-state index contributed by atoms with van der Waals surface area (Å²) in [6.45, 7) is 4.19. The van der Waals surface area contributed by atoms with Crippen LogP contribution in [-0.2, 0) is 6.42 Å². The van der Waals surface area contributed by atoms with Crippen molar-refractivity contribution in [3.63, 3.8) is 0 Å². The van der Waals surface area contributed by atoms with E-state index in [4.69, 9.17) is 9.26 Å². The highest BCUT2D eigenvalue weighted by molar-refractivity contribution is 5.27. The number of rotatable bonds is 8. The van der Waals surface area contributed by atoms with E-state index >= 15 is 0 Å². The summed E-state index contributed by atoms with van der Waals surface area (Å²) in [4.78, 5) is 0. The molecule has 0 fully saturated rings. The third-order valence-electron chi connectivity index (χ3n) is 2.92. The molecule has 1 heterocycles. The zero-order chi connectivity index (χ0) is 11.8. The lowest BCUT2D eigenvalue weighted by Gasteiger charge is -2.01. The fourth-order valence-corrected chi connectivity index (χ4v) is 1.90. The molecule has 0 aromatic carbocycles. The number of hydrogen-bond donors (Lipinski definition) is 0. The Balaban J connectivity index is 2.23. The van der Waals surface area contributed by atoms with E-state index in [1.54, 1.807) is 7.11 Å². The minimum absolute atomic E-state index is 0.658. The van der Waals surface area contributed by atoms with Crippen LogP contribution in [0.5, 0.6) is 5.88 Å². The number of methoxy groups -OCH3 is 1. The molecule has 0 spiro atoms. The van der Waals surface area contributed by atoms with Gasteiger partial charge in [0.05, 0.1) is 12.7 Å². The van der Waals surface area contributed by atoms with Crippen LogP contribution in [0.2, 0.25) is 0 Å². The van der Waals surface area contributed by atoms with Gasteiger partial charge in [0, 0.05) is 0 Å². The van der Waals surface area contributed by atoms with Crippen LogP contribution in [0.25, 0.3) is 0 Å². The maximum atomic E-state index is 5.16. The summed E-state index contributed by atoms with van der Waals surface area (Å²) in [6, 6.07) is 0. The molecule has 3 nitrogen and oxygen atoms in total. The van der Waals surface area contributed by atoms with Crippen molar-refractivity contribution in [2.75, 3.05) is 7.11 Å². The number of aryl methyl sites for hydroxylation is 1. The standard InChI is InChI=1S/C13H23NO2/c1-4-5-6-7-8-9-10-12-11(2)16-14-13(12)15-3/h4-10H2,1-3H3. The molecule has 1 aromatic heterocycles. The third kappa shape index (κ3) is 3.87. The Morgan fingerprint density at radius 2 is 1.81 bits per heavy atom. The summed E-state index contributed by atoms with van der Waals surface area (Å²) in [6.07, 6.45) is 8.85. The van der Waals surface area contributed by atoms with E-state index in [2.05, 4.69) is 12.1 Å². The van der Waals surface area contributed by atoms with Gasteiger partial charge in [-0.3, -0.25) is 0 Å². The van der Waals surface area contributed by atoms with Gasteiger partial charge in [-0.25, -0.2) is 0 Å². The number of unbranched alkanes of at least 4 members (excludes halogenated alkanes) is 5. The number of nitrogens with zero attached hydrogens (tertiary/aromatic N) is 1. The average Bonchev–Trinajstić information content (AvgIpc) is 2.65. The first kappa shape index (κ1) is 13.1. The molecular formula is C13H23NO2. The fraction of sp³-hybridized carbons (Fsp3) is 0.769. The van der Waals surface area contributed by atoms with Crippen LogP contribution in [0.3, 0.4) is 0 Å². The van der Waals surface area contributed by atoms with Crippen LogP contribution in [0.15, 0.2) is 4.52 Å². The van der Waals surface area contributed by atoms with Crippen LogP contribution in [0, 0.1) is 6.92 Å². The Morgan fingerprint density at radius 1 is 1.12 bits per heavy atom. The van der Waals surface area contributed by atoms with Crippen molar-refractivity contribution in [1.29, 1.82) is 0 Å². The molecule has 0 aliphatic heterocycles. The van der Waals surface area contributed by atoms with Crippen molar-refractivity contribution in [2.45, 2.75) is 58.8 Å². The van der Waals surface area contributed by atoms with E-state index in [1.807, 2.05) is 6.92 Å². The first-order valence-corrected chi connectivity index (χ1v) is 6.28. The molecule has 0 bridgehead atoms. The van der Waals surface area contributed by atoms with Gasteiger partial charge >= 0.3 is 0 Å². The summed E-state index contributed by atoms with van der Waals surface area (Å²) in [5.74, 6) is 1.55. The molecule has 0 unspecified atom stereocenters. The Labute approximate surface area is 98.2 Å². The summed E-state index contributed by atoms with van der Waals surface area (Å²) < 4.78 is 10.3. The maximum Gasteiger partial charge on any atom is 0.257 e. The van der Waals surface area contributed by atoms with Crippen molar-refractivity contribution in [3.8, 4) is 5.88 Å². The largest absolute Gasteiger partial charge is 0.479 e. The number of aromatic nitrogens is 1. The Hall–Kier alpha value is -0.990. The maximum absolute atomic E-state index is 5.16. The lowest BCUT2D eigenvalue weighted by Crippen LogP contribution is -1.92. The smallest absolute Gasteiger partial charge is 0.257 e. The topological polar surface area (TPSA) is 35.3 Å². The van der Waals surface area contributed by atoms with Crippen molar-refractivity contribution < 1.29 is 9.26 Å². The van der Waals surface area contributed by atoms with Crippen molar-refractivity contribution >= 4 is 0 Å². The molecule has 0 amide bonds. The molecule has 0 aliphatic rings. The summed E-state index contributed by atoms with van der Waals surface area (Å²) in [5, 5.41) is 3.87. The minimum atomic E-state index is 0.658. The lowest BCUT2D eigenvalue weighted by molar-refractivity contribution is 0.331. The van der Waals surface area contributed by atoms with Gasteiger partial charge in [0.2, 0.25) is 0 Å². The molecule has 0 N–H and O–H groups in total. The second-order valence-electron chi connectivity index (χ2n) is 4.24. The van der Waals surface area contributed by atoms with Crippen LogP contribution >= 0.6 is 0 Å². The monoisotopic (exact) mass is 225 g/mol. The van der Waals surface area contributed by atoms with Crippen molar-refractivity contribution in [3.05, 3.63) is 11.3 Å². The van der Waals surface area contributed by atoms with Gasteiger partial charge in [0.1, 0.15) is 5.76 Å². The highest BCUT2D eigenvalue weighted by atomic mass is 16.5. The zero-order valence-electron chi connectivity index (χ0n) is 10.7. The van der Waals surface area contributed by atoms with E-state index in [1.165, 1.54) is 38.5 Å². The molecule has 0 atom stereocenters. The first-order valence-electron chi connectivity index (χ1n) is 6.28. The van der Waals surface area contributed by atoms with Crippen molar-refractivity contribution in [1.82, 2.24) is 5.16 Å². The highest BCUT2D eigenvalue weighted by Gasteiger charge is 2.12. The Bertz CT molecular complexity index is 294. The molecule has 92 valence electrons. The summed E-state index contributed by atoms with van der Waals surface area (Å²) >= 11 is 0. The quantitative estimate of drug-likeness (QED) is 0.629. The van der Waals surface area contributed by atoms with E-state index in [0.29, 0.717) is 5.88 Å². The van der Waals surface area contributed by atoms with Gasteiger partial charge in [-0.2, -0.15) is 0 Å². The zero-order valence-corrected chi connectivity index (χ0v) is 10.7. The summed E-state index contributed by atoms with van der Waals surface area (Å²) in [7, 11) is 1.64. The minimum Gasteiger partial charge on any atom is -0.479 e. The SMILES string of the molecule is CCCCCCCCc1c(OC)noc1C. The predicted octanol–water partition coefficient (Wildman–Crippen LogP) is 3.89. The normalized spacial score (nSPS) is 10.7. The molecule has 3 heteroatoms. The van der Waals surface area contributed by atoms with E-state index < -0.39 is 0 Å². The van der Waals surface area contributed by atoms with Crippen molar-refractivity contribution in [2.24, 2.45) is 0 Å². The van der Waals surface area contributed by atoms with Gasteiger partial charge in [0.25, 0.3) is 5.88 Å².